The first kappa shape index (κ1) is 14.1. The summed E-state index contributed by atoms with van der Waals surface area (Å²) in [5.41, 5.74) is 6.87. The van der Waals surface area contributed by atoms with E-state index in [1.165, 1.54) is 0 Å². The second kappa shape index (κ2) is 7.30. The zero-order valence-corrected chi connectivity index (χ0v) is 11.8. The highest BCUT2D eigenvalue weighted by Gasteiger charge is 2.02. The third kappa shape index (κ3) is 4.40. The van der Waals surface area contributed by atoms with Crippen LogP contribution in [0.1, 0.15) is 11.8 Å². The Kier molecular flexibility index (Phi) is 5.14. The van der Waals surface area contributed by atoms with Crippen molar-refractivity contribution in [3.63, 3.8) is 0 Å². The maximum Gasteiger partial charge on any atom is 0.279 e. The SMILES string of the molecule is C/C(=N/OCC(=O)NNc1ccccc1)c1cccs1. The van der Waals surface area contributed by atoms with Gasteiger partial charge in [-0.1, -0.05) is 29.4 Å². The highest BCUT2D eigenvalue weighted by Crippen LogP contribution is 2.09. The fourth-order valence-corrected chi connectivity index (χ4v) is 2.09. The van der Waals surface area contributed by atoms with E-state index in [-0.39, 0.29) is 12.5 Å². The fraction of sp³-hybridized carbons (Fsp3) is 0.143. The topological polar surface area (TPSA) is 62.7 Å². The minimum Gasteiger partial charge on any atom is -0.385 e. The molecule has 1 heterocycles. The number of hydrogen-bond acceptors (Lipinski definition) is 5. The summed E-state index contributed by atoms with van der Waals surface area (Å²) < 4.78 is 0. The number of hydrogen-bond donors (Lipinski definition) is 2. The van der Waals surface area contributed by atoms with Gasteiger partial charge in [0.05, 0.1) is 16.3 Å². The molecule has 104 valence electrons. The van der Waals surface area contributed by atoms with Crippen molar-refractivity contribution in [1.29, 1.82) is 0 Å². The minimum atomic E-state index is -0.295. The molecular weight excluding hydrogens is 274 g/mol. The summed E-state index contributed by atoms with van der Waals surface area (Å²) >= 11 is 1.57. The molecular formula is C14H15N3O2S. The Labute approximate surface area is 121 Å². The molecule has 5 nitrogen and oxygen atoms in total. The van der Waals surface area contributed by atoms with Crippen molar-refractivity contribution in [3.05, 3.63) is 52.7 Å². The van der Waals surface area contributed by atoms with Crippen molar-refractivity contribution < 1.29 is 9.63 Å². The van der Waals surface area contributed by atoms with E-state index in [0.717, 1.165) is 16.3 Å². The lowest BCUT2D eigenvalue weighted by atomic mass is 10.3. The lowest BCUT2D eigenvalue weighted by molar-refractivity contribution is -0.125. The molecule has 1 amide bonds. The molecule has 0 aliphatic rings. The molecule has 0 spiro atoms. The molecule has 2 aromatic rings. The summed E-state index contributed by atoms with van der Waals surface area (Å²) in [6.07, 6.45) is 0. The highest BCUT2D eigenvalue weighted by molar-refractivity contribution is 7.12. The van der Waals surface area contributed by atoms with E-state index < -0.39 is 0 Å². The highest BCUT2D eigenvalue weighted by atomic mass is 32.1. The van der Waals surface area contributed by atoms with Gasteiger partial charge in [-0.2, -0.15) is 0 Å². The summed E-state index contributed by atoms with van der Waals surface area (Å²) in [6.45, 7) is 1.70. The smallest absolute Gasteiger partial charge is 0.279 e. The van der Waals surface area contributed by atoms with E-state index in [4.69, 9.17) is 4.84 Å². The molecule has 0 aliphatic carbocycles. The minimum absolute atomic E-state index is 0.136. The first-order valence-corrected chi connectivity index (χ1v) is 6.94. The summed E-state index contributed by atoms with van der Waals surface area (Å²) in [6, 6.07) is 13.2. The molecule has 20 heavy (non-hydrogen) atoms. The monoisotopic (exact) mass is 289 g/mol. The van der Waals surface area contributed by atoms with Crippen LogP contribution in [0, 0.1) is 0 Å². The van der Waals surface area contributed by atoms with Crippen LogP contribution in [0.25, 0.3) is 0 Å². The van der Waals surface area contributed by atoms with Crippen molar-refractivity contribution in [1.82, 2.24) is 5.43 Å². The Balaban J connectivity index is 1.72. The zero-order valence-electron chi connectivity index (χ0n) is 11.0. The van der Waals surface area contributed by atoms with Gasteiger partial charge in [-0.05, 0) is 30.5 Å². The second-order valence-electron chi connectivity index (χ2n) is 3.97. The van der Waals surface area contributed by atoms with Crippen LogP contribution in [0.4, 0.5) is 5.69 Å². The third-order valence-electron chi connectivity index (χ3n) is 2.39. The van der Waals surface area contributed by atoms with Crippen LogP contribution in [0.15, 0.2) is 53.0 Å². The lowest BCUT2D eigenvalue weighted by Gasteiger charge is -2.07. The Morgan fingerprint density at radius 2 is 2.05 bits per heavy atom. The van der Waals surface area contributed by atoms with Gasteiger partial charge in [0.2, 0.25) is 0 Å². The number of rotatable bonds is 6. The molecule has 0 saturated heterocycles. The van der Waals surface area contributed by atoms with Gasteiger partial charge >= 0.3 is 0 Å². The lowest BCUT2D eigenvalue weighted by Crippen LogP contribution is -2.32. The standard InChI is InChI=1S/C14H15N3O2S/c1-11(13-8-5-9-20-13)17-19-10-14(18)16-15-12-6-3-2-4-7-12/h2-9,15H,10H2,1H3,(H,16,18)/b17-11-. The van der Waals surface area contributed by atoms with Crippen LogP contribution < -0.4 is 10.9 Å². The van der Waals surface area contributed by atoms with Crippen molar-refractivity contribution in [2.75, 3.05) is 12.0 Å². The average Bonchev–Trinajstić information content (AvgIpc) is 3.00. The van der Waals surface area contributed by atoms with Gasteiger partial charge < -0.3 is 4.84 Å². The maximum atomic E-state index is 11.5. The maximum absolute atomic E-state index is 11.5. The van der Waals surface area contributed by atoms with Gasteiger partial charge in [0.15, 0.2) is 6.61 Å². The normalized spacial score (nSPS) is 10.9. The summed E-state index contributed by atoms with van der Waals surface area (Å²) in [4.78, 5) is 17.6. The van der Waals surface area contributed by atoms with Crippen molar-refractivity contribution >= 4 is 28.6 Å². The van der Waals surface area contributed by atoms with Gasteiger partial charge in [-0.15, -0.1) is 11.3 Å². The molecule has 0 unspecified atom stereocenters. The third-order valence-corrected chi connectivity index (χ3v) is 3.37. The number of nitrogens with one attached hydrogen (secondary N) is 2. The number of thiophene rings is 1. The summed E-state index contributed by atoms with van der Waals surface area (Å²) in [5, 5.41) is 5.86. The number of anilines is 1. The number of oxime groups is 1. The van der Waals surface area contributed by atoms with Crippen LogP contribution in [0.3, 0.4) is 0 Å². The molecule has 1 aromatic carbocycles. The first-order valence-electron chi connectivity index (χ1n) is 6.06. The molecule has 1 aromatic heterocycles. The number of para-hydroxylation sites is 1. The quantitative estimate of drug-likeness (QED) is 0.635. The Hall–Kier alpha value is -2.34. The predicted octanol–water partition coefficient (Wildman–Crippen LogP) is 2.63. The second-order valence-corrected chi connectivity index (χ2v) is 4.91. The molecule has 0 bridgehead atoms. The first-order chi connectivity index (χ1) is 9.75. The number of amides is 1. The van der Waals surface area contributed by atoms with Crippen LogP contribution in [-0.2, 0) is 9.63 Å². The zero-order chi connectivity index (χ0) is 14.2. The van der Waals surface area contributed by atoms with Crippen LogP contribution in [-0.4, -0.2) is 18.2 Å². The van der Waals surface area contributed by atoms with Gasteiger partial charge in [0.25, 0.3) is 5.91 Å². The molecule has 0 aliphatic heterocycles. The molecule has 6 heteroatoms. The van der Waals surface area contributed by atoms with E-state index in [1.807, 2.05) is 54.8 Å². The molecule has 0 atom stereocenters. The Morgan fingerprint density at radius 3 is 2.75 bits per heavy atom. The molecule has 2 rings (SSSR count). The van der Waals surface area contributed by atoms with Crippen molar-refractivity contribution in [2.24, 2.45) is 5.16 Å². The molecule has 0 fully saturated rings. The van der Waals surface area contributed by atoms with E-state index in [2.05, 4.69) is 16.0 Å². The predicted molar refractivity (Wildman–Crippen MR) is 80.7 cm³/mol. The molecule has 0 saturated carbocycles. The fourth-order valence-electron chi connectivity index (χ4n) is 1.42. The van der Waals surface area contributed by atoms with Crippen LogP contribution in [0.5, 0.6) is 0 Å². The van der Waals surface area contributed by atoms with Crippen molar-refractivity contribution in [2.45, 2.75) is 6.92 Å². The molecule has 2 N–H and O–H groups in total. The van der Waals surface area contributed by atoms with Gasteiger partial charge in [-0.3, -0.25) is 15.6 Å². The Bertz CT molecular complexity index is 567. The number of carbonyl (C=O) groups is 1. The van der Waals surface area contributed by atoms with Crippen LogP contribution >= 0.6 is 11.3 Å². The summed E-state index contributed by atoms with van der Waals surface area (Å²) in [7, 11) is 0. The average molecular weight is 289 g/mol. The molecule has 0 radical (unpaired) electrons. The number of benzene rings is 1. The number of carbonyl (C=O) groups excluding carboxylic acids is 1. The number of hydrazine groups is 1. The summed E-state index contributed by atoms with van der Waals surface area (Å²) in [5.74, 6) is -0.295. The van der Waals surface area contributed by atoms with E-state index in [1.54, 1.807) is 11.3 Å². The Morgan fingerprint density at radius 1 is 1.25 bits per heavy atom. The largest absolute Gasteiger partial charge is 0.385 e. The van der Waals surface area contributed by atoms with E-state index in [0.29, 0.717) is 0 Å². The van der Waals surface area contributed by atoms with Crippen molar-refractivity contribution in [3.8, 4) is 0 Å². The van der Waals surface area contributed by atoms with E-state index in [9.17, 15) is 4.79 Å². The number of nitrogens with zero attached hydrogens (tertiary/aromatic N) is 1. The van der Waals surface area contributed by atoms with Gasteiger partial charge in [-0.25, -0.2) is 0 Å². The van der Waals surface area contributed by atoms with Gasteiger partial charge in [0.1, 0.15) is 0 Å². The van der Waals surface area contributed by atoms with Gasteiger partial charge in [0, 0.05) is 0 Å². The van der Waals surface area contributed by atoms with Crippen LogP contribution in [0.2, 0.25) is 0 Å². The van der Waals surface area contributed by atoms with E-state index >= 15 is 0 Å².